The van der Waals surface area contributed by atoms with Gasteiger partial charge in [-0.05, 0) is 37.0 Å². The first-order valence-electron chi connectivity index (χ1n) is 8.61. The Labute approximate surface area is 145 Å². The summed E-state index contributed by atoms with van der Waals surface area (Å²) < 4.78 is 7.20. The molecule has 5 nitrogen and oxygen atoms in total. The van der Waals surface area contributed by atoms with Crippen LogP contribution >= 0.6 is 0 Å². The molecule has 0 spiro atoms. The topological polar surface area (TPSA) is 64.1 Å². The van der Waals surface area contributed by atoms with Crippen molar-refractivity contribution in [2.24, 2.45) is 0 Å². The molecule has 0 saturated heterocycles. The van der Waals surface area contributed by atoms with Crippen molar-refractivity contribution in [3.05, 3.63) is 70.6 Å². The third kappa shape index (κ3) is 2.86. The number of nitrogens with one attached hydrogen (secondary N) is 1. The summed E-state index contributed by atoms with van der Waals surface area (Å²) in [5.74, 6) is -0.148. The minimum absolute atomic E-state index is 0.129. The molecule has 0 amide bonds. The number of carbonyl (C=O) groups is 1. The molecule has 0 aliphatic heterocycles. The summed E-state index contributed by atoms with van der Waals surface area (Å²) >= 11 is 0. The van der Waals surface area contributed by atoms with Crippen LogP contribution in [0.2, 0.25) is 0 Å². The number of aryl methyl sites for hydroxylation is 1. The zero-order valence-corrected chi connectivity index (χ0v) is 13.9. The zero-order valence-electron chi connectivity index (χ0n) is 13.9. The van der Waals surface area contributed by atoms with Gasteiger partial charge in [0.2, 0.25) is 0 Å². The van der Waals surface area contributed by atoms with Crippen molar-refractivity contribution in [1.82, 2.24) is 9.55 Å². The van der Waals surface area contributed by atoms with Gasteiger partial charge in [-0.15, -0.1) is 0 Å². The number of ether oxygens (including phenoxy) is 1. The largest absolute Gasteiger partial charge is 0.465 e. The quantitative estimate of drug-likeness (QED) is 0.556. The average molecular weight is 336 g/mol. The molecule has 5 heteroatoms. The van der Waals surface area contributed by atoms with Gasteiger partial charge in [0.15, 0.2) is 0 Å². The Morgan fingerprint density at radius 3 is 2.56 bits per heavy atom. The van der Waals surface area contributed by atoms with Gasteiger partial charge >= 0.3 is 11.7 Å². The van der Waals surface area contributed by atoms with Crippen LogP contribution in [0.3, 0.4) is 0 Å². The van der Waals surface area contributed by atoms with Crippen LogP contribution < -0.4 is 5.69 Å². The first-order valence-corrected chi connectivity index (χ1v) is 8.61. The van der Waals surface area contributed by atoms with Gasteiger partial charge in [-0.25, -0.2) is 4.79 Å². The average Bonchev–Trinajstić information content (AvgIpc) is 3.39. The number of carbonyl (C=O) groups excluding carboxylic acids is 1. The van der Waals surface area contributed by atoms with Crippen LogP contribution in [0.1, 0.15) is 24.8 Å². The number of H-pyrrole nitrogens is 1. The summed E-state index contributed by atoms with van der Waals surface area (Å²) in [5.41, 5.74) is 2.16. The first-order chi connectivity index (χ1) is 12.2. The van der Waals surface area contributed by atoms with Gasteiger partial charge in [0, 0.05) is 6.54 Å². The summed E-state index contributed by atoms with van der Waals surface area (Å²) in [6, 6.07) is 17.4. The van der Waals surface area contributed by atoms with E-state index in [1.807, 2.05) is 54.6 Å². The lowest BCUT2D eigenvalue weighted by molar-refractivity contribution is -0.147. The monoisotopic (exact) mass is 336 g/mol. The molecule has 2 aromatic carbocycles. The maximum atomic E-state index is 12.5. The minimum atomic E-state index is -0.446. The number of imidazole rings is 1. The third-order valence-corrected chi connectivity index (χ3v) is 4.91. The lowest BCUT2D eigenvalue weighted by Gasteiger charge is -2.14. The molecule has 0 atom stereocenters. The number of benzene rings is 2. The number of nitrogens with zero attached hydrogens (tertiary/aromatic N) is 1. The fourth-order valence-corrected chi connectivity index (χ4v) is 3.35. The molecule has 1 aliphatic carbocycles. The molecule has 1 saturated carbocycles. The predicted molar refractivity (Wildman–Crippen MR) is 95.5 cm³/mol. The van der Waals surface area contributed by atoms with Crippen LogP contribution in [0.25, 0.3) is 11.0 Å². The van der Waals surface area contributed by atoms with Gasteiger partial charge in [0.25, 0.3) is 0 Å². The summed E-state index contributed by atoms with van der Waals surface area (Å²) in [7, 11) is 0. The highest BCUT2D eigenvalue weighted by Crippen LogP contribution is 2.49. The second-order valence-electron chi connectivity index (χ2n) is 6.54. The fraction of sp³-hybridized carbons (Fsp3) is 0.300. The minimum Gasteiger partial charge on any atom is -0.465 e. The Morgan fingerprint density at radius 1 is 1.08 bits per heavy atom. The Hall–Kier alpha value is -2.82. The lowest BCUT2D eigenvalue weighted by atomic mass is 9.96. The molecule has 3 aromatic rings. The Bertz CT molecular complexity index is 952. The van der Waals surface area contributed by atoms with Crippen LogP contribution in [0.4, 0.5) is 0 Å². The van der Waals surface area contributed by atoms with E-state index in [9.17, 15) is 9.59 Å². The molecule has 1 heterocycles. The first kappa shape index (κ1) is 15.7. The molecule has 128 valence electrons. The van der Waals surface area contributed by atoms with Crippen molar-refractivity contribution >= 4 is 17.0 Å². The molecule has 0 radical (unpaired) electrons. The SMILES string of the molecule is O=C(OCCCn1c(=O)[nH]c2ccccc21)C1(c2ccccc2)CC1. The second-order valence-corrected chi connectivity index (χ2v) is 6.54. The standard InChI is InChI=1S/C20H20N2O3/c23-18(20(11-12-20)15-7-2-1-3-8-15)25-14-6-13-22-17-10-5-4-9-16(17)21-19(22)24/h1-5,7-10H,6,11-14H2,(H,21,24). The van der Waals surface area contributed by atoms with Gasteiger partial charge in [-0.2, -0.15) is 0 Å². The molecule has 1 N–H and O–H groups in total. The molecular weight excluding hydrogens is 316 g/mol. The van der Waals surface area contributed by atoms with E-state index < -0.39 is 5.41 Å². The zero-order chi connectivity index (χ0) is 17.3. The number of aromatic amines is 1. The summed E-state index contributed by atoms with van der Waals surface area (Å²) in [4.78, 5) is 27.3. The van der Waals surface area contributed by atoms with Crippen molar-refractivity contribution in [3.8, 4) is 0 Å². The maximum absolute atomic E-state index is 12.5. The number of rotatable bonds is 6. The van der Waals surface area contributed by atoms with Gasteiger partial charge in [-0.1, -0.05) is 42.5 Å². The molecular formula is C20H20N2O3. The Kier molecular flexibility index (Phi) is 3.92. The Balaban J connectivity index is 1.36. The highest BCUT2D eigenvalue weighted by atomic mass is 16.5. The van der Waals surface area contributed by atoms with Crippen LogP contribution in [0.15, 0.2) is 59.4 Å². The van der Waals surface area contributed by atoms with Gasteiger partial charge < -0.3 is 9.72 Å². The van der Waals surface area contributed by atoms with Crippen molar-refractivity contribution in [2.75, 3.05) is 6.61 Å². The predicted octanol–water partition coefficient (Wildman–Crippen LogP) is 2.99. The highest BCUT2D eigenvalue weighted by Gasteiger charge is 2.52. The van der Waals surface area contributed by atoms with Gasteiger partial charge in [-0.3, -0.25) is 9.36 Å². The molecule has 1 aliphatic rings. The number of hydrogen-bond acceptors (Lipinski definition) is 3. The fourth-order valence-electron chi connectivity index (χ4n) is 3.35. The summed E-state index contributed by atoms with van der Waals surface area (Å²) in [5, 5.41) is 0. The third-order valence-electron chi connectivity index (χ3n) is 4.91. The number of fused-ring (bicyclic) bond motifs is 1. The van der Waals surface area contributed by atoms with E-state index in [2.05, 4.69) is 4.98 Å². The summed E-state index contributed by atoms with van der Waals surface area (Å²) in [6.07, 6.45) is 2.30. The van der Waals surface area contributed by atoms with E-state index in [4.69, 9.17) is 4.74 Å². The van der Waals surface area contributed by atoms with E-state index >= 15 is 0 Å². The van der Waals surface area contributed by atoms with Crippen LogP contribution in [-0.2, 0) is 21.5 Å². The molecule has 1 fully saturated rings. The van der Waals surface area contributed by atoms with Gasteiger partial charge in [0.05, 0.1) is 23.1 Å². The van der Waals surface area contributed by atoms with E-state index in [1.165, 1.54) is 0 Å². The number of esters is 1. The molecule has 1 aromatic heterocycles. The molecule has 0 unspecified atom stereocenters. The number of hydrogen-bond donors (Lipinski definition) is 1. The van der Waals surface area contributed by atoms with Gasteiger partial charge in [0.1, 0.15) is 0 Å². The lowest BCUT2D eigenvalue weighted by Crippen LogP contribution is -2.24. The molecule has 0 bridgehead atoms. The normalized spacial score (nSPS) is 15.2. The van der Waals surface area contributed by atoms with Crippen molar-refractivity contribution in [2.45, 2.75) is 31.2 Å². The highest BCUT2D eigenvalue weighted by molar-refractivity contribution is 5.86. The van der Waals surface area contributed by atoms with Crippen molar-refractivity contribution in [1.29, 1.82) is 0 Å². The van der Waals surface area contributed by atoms with E-state index in [-0.39, 0.29) is 11.7 Å². The molecule has 25 heavy (non-hydrogen) atoms. The number of aromatic nitrogens is 2. The van der Waals surface area contributed by atoms with E-state index in [0.29, 0.717) is 19.6 Å². The van der Waals surface area contributed by atoms with Crippen LogP contribution in [-0.4, -0.2) is 22.1 Å². The second kappa shape index (κ2) is 6.24. The number of para-hydroxylation sites is 2. The van der Waals surface area contributed by atoms with E-state index in [1.54, 1.807) is 4.57 Å². The smallest absolute Gasteiger partial charge is 0.326 e. The van der Waals surface area contributed by atoms with Crippen molar-refractivity contribution < 1.29 is 9.53 Å². The summed E-state index contributed by atoms with van der Waals surface area (Å²) in [6.45, 7) is 0.841. The molecule has 4 rings (SSSR count). The van der Waals surface area contributed by atoms with Crippen LogP contribution in [0.5, 0.6) is 0 Å². The van der Waals surface area contributed by atoms with E-state index in [0.717, 1.165) is 29.4 Å². The van der Waals surface area contributed by atoms with Crippen molar-refractivity contribution in [3.63, 3.8) is 0 Å². The maximum Gasteiger partial charge on any atom is 0.326 e. The van der Waals surface area contributed by atoms with Crippen LogP contribution in [0, 0.1) is 0 Å². The Morgan fingerprint density at radius 2 is 1.80 bits per heavy atom.